The van der Waals surface area contributed by atoms with Gasteiger partial charge in [-0.25, -0.2) is 0 Å². The molecule has 2 aromatic rings. The molecule has 0 unspecified atom stereocenters. The van der Waals surface area contributed by atoms with Crippen molar-refractivity contribution in [3.05, 3.63) is 64.7 Å². The van der Waals surface area contributed by atoms with Crippen LogP contribution in [0.25, 0.3) is 0 Å². The maximum Gasteiger partial charge on any atom is 0.226 e. The predicted molar refractivity (Wildman–Crippen MR) is 102 cm³/mol. The SMILES string of the molecule is CC(=O)N(CCC(=O)Nc1ccc(C)cc1)CCc1ccc(Cl)cc1. The first-order valence-electron chi connectivity index (χ1n) is 8.30. The average Bonchev–Trinajstić information content (AvgIpc) is 2.58. The van der Waals surface area contributed by atoms with Gasteiger partial charge in [0.2, 0.25) is 11.8 Å². The van der Waals surface area contributed by atoms with Crippen LogP contribution >= 0.6 is 11.6 Å². The third-order valence-corrected chi connectivity index (χ3v) is 4.23. The normalized spacial score (nSPS) is 10.4. The van der Waals surface area contributed by atoms with E-state index in [1.165, 1.54) is 6.92 Å². The van der Waals surface area contributed by atoms with Gasteiger partial charge in [-0.05, 0) is 43.2 Å². The summed E-state index contributed by atoms with van der Waals surface area (Å²) in [5.74, 6) is -0.126. The van der Waals surface area contributed by atoms with E-state index >= 15 is 0 Å². The Labute approximate surface area is 153 Å². The van der Waals surface area contributed by atoms with Gasteiger partial charge in [0.15, 0.2) is 0 Å². The van der Waals surface area contributed by atoms with Crippen LogP contribution < -0.4 is 5.32 Å². The van der Waals surface area contributed by atoms with Crippen LogP contribution in [0.5, 0.6) is 0 Å². The number of aryl methyl sites for hydroxylation is 1. The minimum Gasteiger partial charge on any atom is -0.342 e. The van der Waals surface area contributed by atoms with Crippen molar-refractivity contribution in [2.45, 2.75) is 26.7 Å². The minimum atomic E-state index is -0.0957. The Bertz CT molecular complexity index is 711. The number of hydrogen-bond donors (Lipinski definition) is 1. The third kappa shape index (κ3) is 6.59. The zero-order valence-corrected chi connectivity index (χ0v) is 15.3. The van der Waals surface area contributed by atoms with E-state index in [-0.39, 0.29) is 18.2 Å². The van der Waals surface area contributed by atoms with Crippen molar-refractivity contribution < 1.29 is 9.59 Å². The maximum atomic E-state index is 12.1. The van der Waals surface area contributed by atoms with Crippen molar-refractivity contribution >= 4 is 29.1 Å². The molecular weight excluding hydrogens is 336 g/mol. The molecule has 0 aliphatic rings. The molecule has 0 saturated heterocycles. The molecule has 0 saturated carbocycles. The molecule has 1 N–H and O–H groups in total. The van der Waals surface area contributed by atoms with E-state index < -0.39 is 0 Å². The summed E-state index contributed by atoms with van der Waals surface area (Å²) in [4.78, 5) is 25.6. The zero-order chi connectivity index (χ0) is 18.2. The van der Waals surface area contributed by atoms with E-state index in [1.807, 2.05) is 55.5 Å². The lowest BCUT2D eigenvalue weighted by atomic mass is 10.1. The Kier molecular flexibility index (Phi) is 7.02. The van der Waals surface area contributed by atoms with E-state index in [0.717, 1.165) is 23.2 Å². The summed E-state index contributed by atoms with van der Waals surface area (Å²) in [7, 11) is 0. The lowest BCUT2D eigenvalue weighted by Crippen LogP contribution is -2.33. The molecule has 132 valence electrons. The summed E-state index contributed by atoms with van der Waals surface area (Å²) in [6.45, 7) is 4.51. The molecule has 4 nitrogen and oxygen atoms in total. The summed E-state index contributed by atoms with van der Waals surface area (Å²) in [5.41, 5.74) is 3.02. The largest absolute Gasteiger partial charge is 0.342 e. The highest BCUT2D eigenvalue weighted by atomic mass is 35.5. The van der Waals surface area contributed by atoms with Gasteiger partial charge in [0.1, 0.15) is 0 Å². The summed E-state index contributed by atoms with van der Waals surface area (Å²) < 4.78 is 0. The molecule has 0 aliphatic heterocycles. The Morgan fingerprint density at radius 1 is 1.00 bits per heavy atom. The second-order valence-electron chi connectivity index (χ2n) is 6.05. The number of amides is 2. The topological polar surface area (TPSA) is 49.4 Å². The zero-order valence-electron chi connectivity index (χ0n) is 14.6. The van der Waals surface area contributed by atoms with Gasteiger partial charge in [-0.3, -0.25) is 9.59 Å². The second-order valence-corrected chi connectivity index (χ2v) is 6.48. The van der Waals surface area contributed by atoms with Crippen molar-refractivity contribution in [1.82, 2.24) is 4.90 Å². The van der Waals surface area contributed by atoms with Crippen molar-refractivity contribution in [3.63, 3.8) is 0 Å². The molecule has 0 atom stereocenters. The highest BCUT2D eigenvalue weighted by Gasteiger charge is 2.11. The highest BCUT2D eigenvalue weighted by molar-refractivity contribution is 6.30. The average molecular weight is 359 g/mol. The van der Waals surface area contributed by atoms with Gasteiger partial charge in [0.25, 0.3) is 0 Å². The molecule has 0 bridgehead atoms. The van der Waals surface area contributed by atoms with Gasteiger partial charge >= 0.3 is 0 Å². The number of carbonyl (C=O) groups is 2. The molecule has 0 fully saturated rings. The molecule has 0 aliphatic carbocycles. The van der Waals surface area contributed by atoms with Crippen LogP contribution in [0.4, 0.5) is 5.69 Å². The monoisotopic (exact) mass is 358 g/mol. The van der Waals surface area contributed by atoms with Crippen molar-refractivity contribution in [2.75, 3.05) is 18.4 Å². The van der Waals surface area contributed by atoms with Crippen LogP contribution in [0.3, 0.4) is 0 Å². The molecule has 0 heterocycles. The molecule has 5 heteroatoms. The Morgan fingerprint density at radius 3 is 2.24 bits per heavy atom. The number of benzene rings is 2. The summed E-state index contributed by atoms with van der Waals surface area (Å²) in [5, 5.41) is 3.55. The Morgan fingerprint density at radius 2 is 1.64 bits per heavy atom. The third-order valence-electron chi connectivity index (χ3n) is 3.97. The van der Waals surface area contributed by atoms with E-state index in [4.69, 9.17) is 11.6 Å². The van der Waals surface area contributed by atoms with Crippen molar-refractivity contribution in [1.29, 1.82) is 0 Å². The summed E-state index contributed by atoms with van der Waals surface area (Å²) >= 11 is 5.88. The number of carbonyl (C=O) groups excluding carboxylic acids is 2. The van der Waals surface area contributed by atoms with Crippen molar-refractivity contribution in [3.8, 4) is 0 Å². The van der Waals surface area contributed by atoms with E-state index in [9.17, 15) is 9.59 Å². The van der Waals surface area contributed by atoms with E-state index in [1.54, 1.807) is 4.90 Å². The van der Waals surface area contributed by atoms with Crippen LogP contribution in [0, 0.1) is 6.92 Å². The summed E-state index contributed by atoms with van der Waals surface area (Å²) in [6, 6.07) is 15.2. The van der Waals surface area contributed by atoms with Gasteiger partial charge in [0, 0.05) is 37.1 Å². The predicted octanol–water partition coefficient (Wildman–Crippen LogP) is 4.07. The molecule has 25 heavy (non-hydrogen) atoms. The van der Waals surface area contributed by atoms with Crippen LogP contribution in [0.15, 0.2) is 48.5 Å². The quantitative estimate of drug-likeness (QED) is 0.811. The van der Waals surface area contributed by atoms with Crippen LogP contribution in [-0.2, 0) is 16.0 Å². The number of hydrogen-bond acceptors (Lipinski definition) is 2. The molecule has 0 aromatic heterocycles. The molecule has 2 rings (SSSR count). The fourth-order valence-electron chi connectivity index (χ4n) is 2.44. The second kappa shape index (κ2) is 9.23. The fraction of sp³-hybridized carbons (Fsp3) is 0.300. The van der Waals surface area contributed by atoms with Crippen LogP contribution in [-0.4, -0.2) is 29.8 Å². The number of halogens is 1. The van der Waals surface area contributed by atoms with Gasteiger partial charge in [-0.15, -0.1) is 0 Å². The van der Waals surface area contributed by atoms with Gasteiger partial charge in [0.05, 0.1) is 0 Å². The number of rotatable bonds is 7. The molecule has 0 radical (unpaired) electrons. The van der Waals surface area contributed by atoms with Crippen LogP contribution in [0.1, 0.15) is 24.5 Å². The first-order valence-corrected chi connectivity index (χ1v) is 8.68. The summed E-state index contributed by atoms with van der Waals surface area (Å²) in [6.07, 6.45) is 1.00. The lowest BCUT2D eigenvalue weighted by molar-refractivity contribution is -0.129. The first kappa shape index (κ1) is 19.0. The Hall–Kier alpha value is -2.33. The van der Waals surface area contributed by atoms with Gasteiger partial charge in [-0.1, -0.05) is 41.4 Å². The standard InChI is InChI=1S/C20H23ClN2O2/c1-15-3-9-19(10-4-15)22-20(25)12-14-23(16(2)24)13-11-17-5-7-18(21)8-6-17/h3-10H,11-14H2,1-2H3,(H,22,25). The van der Waals surface area contributed by atoms with Crippen LogP contribution in [0.2, 0.25) is 5.02 Å². The first-order chi connectivity index (χ1) is 11.9. The van der Waals surface area contributed by atoms with Gasteiger partial charge in [-0.2, -0.15) is 0 Å². The van der Waals surface area contributed by atoms with E-state index in [0.29, 0.717) is 18.1 Å². The molecule has 2 amide bonds. The smallest absolute Gasteiger partial charge is 0.226 e. The highest BCUT2D eigenvalue weighted by Crippen LogP contribution is 2.11. The number of nitrogens with one attached hydrogen (secondary N) is 1. The van der Waals surface area contributed by atoms with Crippen molar-refractivity contribution in [2.24, 2.45) is 0 Å². The molecule has 0 spiro atoms. The molecular formula is C20H23ClN2O2. The van der Waals surface area contributed by atoms with E-state index in [2.05, 4.69) is 5.32 Å². The molecule has 2 aromatic carbocycles. The minimum absolute atomic E-state index is 0.0305. The number of nitrogens with zero attached hydrogens (tertiary/aromatic N) is 1. The lowest BCUT2D eigenvalue weighted by Gasteiger charge is -2.21. The van der Waals surface area contributed by atoms with Gasteiger partial charge < -0.3 is 10.2 Å². The number of anilines is 1. The maximum absolute atomic E-state index is 12.1. The Balaban J connectivity index is 1.82. The fourth-order valence-corrected chi connectivity index (χ4v) is 2.56.